The molecular formula is C19H13ClF3N3O2S. The highest BCUT2D eigenvalue weighted by atomic mass is 35.5. The first-order valence-electron chi connectivity index (χ1n) is 8.35. The highest BCUT2D eigenvalue weighted by Gasteiger charge is 2.62. The quantitative estimate of drug-likeness (QED) is 0.600. The number of benzene rings is 2. The number of thiazole rings is 1. The average Bonchev–Trinajstić information content (AvgIpc) is 3.27. The molecule has 0 radical (unpaired) electrons. The molecule has 1 aliphatic heterocycles. The summed E-state index contributed by atoms with van der Waals surface area (Å²) in [4.78, 5) is 4.23. The van der Waals surface area contributed by atoms with E-state index in [0.717, 1.165) is 11.3 Å². The van der Waals surface area contributed by atoms with Gasteiger partial charge in [0.2, 0.25) is 5.13 Å². The fourth-order valence-corrected chi connectivity index (χ4v) is 3.90. The number of hydrazone groups is 1. The van der Waals surface area contributed by atoms with Crippen molar-refractivity contribution in [2.24, 2.45) is 5.10 Å². The van der Waals surface area contributed by atoms with E-state index in [4.69, 9.17) is 11.6 Å². The summed E-state index contributed by atoms with van der Waals surface area (Å²) >= 11 is 6.79. The van der Waals surface area contributed by atoms with Crippen molar-refractivity contribution in [3.05, 3.63) is 64.5 Å². The van der Waals surface area contributed by atoms with Crippen LogP contribution in [0.4, 0.5) is 18.3 Å². The van der Waals surface area contributed by atoms with Crippen LogP contribution in [0.15, 0.2) is 59.0 Å². The van der Waals surface area contributed by atoms with Gasteiger partial charge in [0.05, 0.1) is 17.8 Å². The maximum Gasteiger partial charge on any atom is 0.438 e. The molecule has 1 atom stereocenters. The molecule has 1 aromatic heterocycles. The molecule has 0 saturated carbocycles. The van der Waals surface area contributed by atoms with Gasteiger partial charge in [-0.1, -0.05) is 35.9 Å². The smallest absolute Gasteiger partial charge is 0.438 e. The molecule has 0 bridgehead atoms. The van der Waals surface area contributed by atoms with Crippen LogP contribution in [0, 0.1) is 0 Å². The van der Waals surface area contributed by atoms with Crippen molar-refractivity contribution in [1.82, 2.24) is 4.98 Å². The second-order valence-corrected chi connectivity index (χ2v) is 7.70. The molecule has 0 unspecified atom stereocenters. The number of alkyl halides is 3. The summed E-state index contributed by atoms with van der Waals surface area (Å²) in [5.41, 5.74) is -1.87. The first-order chi connectivity index (χ1) is 13.7. The van der Waals surface area contributed by atoms with Crippen molar-refractivity contribution in [3.8, 4) is 17.0 Å². The summed E-state index contributed by atoms with van der Waals surface area (Å²) in [5, 5.41) is 26.7. The van der Waals surface area contributed by atoms with Crippen molar-refractivity contribution < 1.29 is 23.4 Å². The van der Waals surface area contributed by atoms with Crippen LogP contribution in [-0.2, 0) is 0 Å². The molecule has 0 amide bonds. The third-order valence-corrected chi connectivity index (χ3v) is 5.50. The standard InChI is InChI=1S/C19H13ClF3N3O2S/c20-13-6-4-11(5-7-13)16-10-29-17(24-16)26-18(28,19(21,22)23)9-15(25-26)12-2-1-3-14(27)8-12/h1-8,10,27-28H,9H2/t18-/m1/s1. The SMILES string of the molecule is Oc1cccc(C2=NN(c3nc(-c4ccc(Cl)cc4)cs3)[C@](O)(C(F)(F)F)C2)c1. The third-order valence-electron chi connectivity index (χ3n) is 4.43. The largest absolute Gasteiger partial charge is 0.508 e. The molecule has 29 heavy (non-hydrogen) atoms. The fraction of sp³-hybridized carbons (Fsp3) is 0.158. The molecule has 10 heteroatoms. The molecule has 3 aromatic rings. The van der Waals surface area contributed by atoms with Gasteiger partial charge in [-0.2, -0.15) is 23.3 Å². The Labute approximate surface area is 172 Å². The average molecular weight is 440 g/mol. The van der Waals surface area contributed by atoms with Gasteiger partial charge in [0.1, 0.15) is 5.75 Å². The van der Waals surface area contributed by atoms with Crippen LogP contribution in [0.5, 0.6) is 5.75 Å². The Morgan fingerprint density at radius 2 is 1.83 bits per heavy atom. The van der Waals surface area contributed by atoms with Crippen LogP contribution in [0.25, 0.3) is 11.3 Å². The van der Waals surface area contributed by atoms with Gasteiger partial charge in [0.25, 0.3) is 5.72 Å². The first-order valence-corrected chi connectivity index (χ1v) is 9.61. The van der Waals surface area contributed by atoms with Gasteiger partial charge in [-0.05, 0) is 24.3 Å². The van der Waals surface area contributed by atoms with Gasteiger partial charge in [0.15, 0.2) is 0 Å². The Morgan fingerprint density at radius 3 is 2.48 bits per heavy atom. The molecule has 4 rings (SSSR count). The number of anilines is 1. The van der Waals surface area contributed by atoms with Gasteiger partial charge in [0, 0.05) is 21.5 Å². The second-order valence-electron chi connectivity index (χ2n) is 6.42. The Balaban J connectivity index is 1.75. The zero-order valence-electron chi connectivity index (χ0n) is 14.6. The van der Waals surface area contributed by atoms with Gasteiger partial charge < -0.3 is 10.2 Å². The number of phenolic OH excluding ortho intramolecular Hbond substituents is 1. The number of hydrogen-bond donors (Lipinski definition) is 2. The Bertz CT molecular complexity index is 1080. The Kier molecular flexibility index (Phi) is 4.76. The van der Waals surface area contributed by atoms with E-state index in [2.05, 4.69) is 10.1 Å². The van der Waals surface area contributed by atoms with E-state index in [1.54, 1.807) is 29.6 Å². The minimum absolute atomic E-state index is 0.0102. The minimum atomic E-state index is -4.98. The topological polar surface area (TPSA) is 69.0 Å². The van der Waals surface area contributed by atoms with Crippen LogP contribution in [0.2, 0.25) is 5.02 Å². The highest BCUT2D eigenvalue weighted by molar-refractivity contribution is 7.14. The van der Waals surface area contributed by atoms with Crippen molar-refractivity contribution in [2.45, 2.75) is 18.3 Å². The van der Waals surface area contributed by atoms with E-state index >= 15 is 0 Å². The highest BCUT2D eigenvalue weighted by Crippen LogP contribution is 2.45. The fourth-order valence-electron chi connectivity index (χ4n) is 2.93. The predicted octanol–water partition coefficient (Wildman–Crippen LogP) is 5.03. The number of aromatic nitrogens is 1. The number of nitrogens with zero attached hydrogens (tertiary/aromatic N) is 3. The third kappa shape index (κ3) is 3.57. The van der Waals surface area contributed by atoms with Gasteiger partial charge in [-0.3, -0.25) is 0 Å². The van der Waals surface area contributed by atoms with E-state index in [1.165, 1.54) is 24.3 Å². The van der Waals surface area contributed by atoms with Crippen LogP contribution in [0.1, 0.15) is 12.0 Å². The maximum absolute atomic E-state index is 13.8. The summed E-state index contributed by atoms with van der Waals surface area (Å²) in [6.45, 7) is 0. The zero-order valence-corrected chi connectivity index (χ0v) is 16.1. The van der Waals surface area contributed by atoms with Gasteiger partial charge in [-0.15, -0.1) is 11.3 Å². The van der Waals surface area contributed by atoms with Crippen molar-refractivity contribution >= 4 is 33.8 Å². The van der Waals surface area contributed by atoms with Crippen LogP contribution >= 0.6 is 22.9 Å². The van der Waals surface area contributed by atoms with E-state index in [9.17, 15) is 23.4 Å². The van der Waals surface area contributed by atoms with Crippen molar-refractivity contribution in [1.29, 1.82) is 0 Å². The number of halogens is 4. The Hall–Kier alpha value is -2.62. The lowest BCUT2D eigenvalue weighted by atomic mass is 10.0. The van der Waals surface area contributed by atoms with Crippen LogP contribution < -0.4 is 5.01 Å². The van der Waals surface area contributed by atoms with Crippen LogP contribution in [0.3, 0.4) is 0 Å². The number of aromatic hydroxyl groups is 1. The molecule has 1 aliphatic rings. The molecule has 5 nitrogen and oxygen atoms in total. The normalized spacial score (nSPS) is 19.5. The van der Waals surface area contributed by atoms with E-state index in [1.807, 2.05) is 0 Å². The molecule has 150 valence electrons. The maximum atomic E-state index is 13.8. The number of aliphatic hydroxyl groups is 1. The number of hydrogen-bond acceptors (Lipinski definition) is 6. The van der Waals surface area contributed by atoms with E-state index < -0.39 is 18.3 Å². The van der Waals surface area contributed by atoms with Gasteiger partial charge in [-0.25, -0.2) is 4.98 Å². The lowest BCUT2D eigenvalue weighted by Crippen LogP contribution is -2.55. The molecule has 0 spiro atoms. The first kappa shape index (κ1) is 19.7. The number of rotatable bonds is 3. The predicted molar refractivity (Wildman–Crippen MR) is 105 cm³/mol. The van der Waals surface area contributed by atoms with Gasteiger partial charge >= 0.3 is 6.18 Å². The van der Waals surface area contributed by atoms with E-state index in [0.29, 0.717) is 21.3 Å². The van der Waals surface area contributed by atoms with Crippen molar-refractivity contribution in [2.75, 3.05) is 5.01 Å². The van der Waals surface area contributed by atoms with Crippen molar-refractivity contribution in [3.63, 3.8) is 0 Å². The van der Waals surface area contributed by atoms with Crippen LogP contribution in [-0.4, -0.2) is 32.8 Å². The lowest BCUT2D eigenvalue weighted by Gasteiger charge is -2.32. The summed E-state index contributed by atoms with van der Waals surface area (Å²) in [7, 11) is 0. The summed E-state index contributed by atoms with van der Waals surface area (Å²) in [6, 6.07) is 12.4. The summed E-state index contributed by atoms with van der Waals surface area (Å²) in [5.74, 6) is -0.113. The molecule has 0 fully saturated rings. The lowest BCUT2D eigenvalue weighted by molar-refractivity contribution is -0.254. The minimum Gasteiger partial charge on any atom is -0.508 e. The Morgan fingerprint density at radius 1 is 1.10 bits per heavy atom. The number of phenols is 1. The second kappa shape index (κ2) is 7.01. The summed E-state index contributed by atoms with van der Waals surface area (Å²) in [6.07, 6.45) is -5.78. The van der Waals surface area contributed by atoms with E-state index in [-0.39, 0.29) is 22.2 Å². The monoisotopic (exact) mass is 439 g/mol. The molecule has 0 saturated heterocycles. The molecule has 2 N–H and O–H groups in total. The molecule has 0 aliphatic carbocycles. The zero-order chi connectivity index (χ0) is 20.8. The summed E-state index contributed by atoms with van der Waals surface area (Å²) < 4.78 is 41.3. The molecule has 2 aromatic carbocycles. The molecule has 2 heterocycles. The molecular weight excluding hydrogens is 427 g/mol.